The van der Waals surface area contributed by atoms with Crippen LogP contribution < -0.4 is 11.2 Å². The predicted octanol–water partition coefficient (Wildman–Crippen LogP) is 0.773. The second kappa shape index (κ2) is 8.18. The molecule has 0 spiro atoms. The third kappa shape index (κ3) is 4.73. The average molecular weight is 357 g/mol. The summed E-state index contributed by atoms with van der Waals surface area (Å²) < 4.78 is 25.5. The molecule has 0 aliphatic carbocycles. The SMILES string of the molecule is CCOP(=O)(CCCn1cc(-n2ccc(=O)[nH]c2=O)nn1)OCC. The first-order valence-corrected chi connectivity index (χ1v) is 9.31. The zero-order valence-corrected chi connectivity index (χ0v) is 14.4. The number of hydrogen-bond donors (Lipinski definition) is 1. The molecule has 11 heteroatoms. The number of H-pyrrole nitrogens is 1. The number of aryl methyl sites for hydroxylation is 1. The van der Waals surface area contributed by atoms with Crippen LogP contribution in [0.25, 0.3) is 5.82 Å². The Kier molecular flexibility index (Phi) is 6.24. The topological polar surface area (TPSA) is 121 Å². The molecule has 10 nitrogen and oxygen atoms in total. The van der Waals surface area contributed by atoms with Gasteiger partial charge in [-0.2, -0.15) is 0 Å². The lowest BCUT2D eigenvalue weighted by Crippen LogP contribution is -2.27. The van der Waals surface area contributed by atoms with Crippen LogP contribution in [-0.2, 0) is 20.2 Å². The van der Waals surface area contributed by atoms with Crippen molar-refractivity contribution >= 4 is 7.60 Å². The molecule has 2 aromatic heterocycles. The van der Waals surface area contributed by atoms with Gasteiger partial charge in [-0.1, -0.05) is 5.21 Å². The van der Waals surface area contributed by atoms with Gasteiger partial charge in [-0.15, -0.1) is 5.10 Å². The van der Waals surface area contributed by atoms with Gasteiger partial charge in [0.15, 0.2) is 5.82 Å². The molecule has 2 heterocycles. The van der Waals surface area contributed by atoms with Gasteiger partial charge in [0.1, 0.15) is 0 Å². The summed E-state index contributed by atoms with van der Waals surface area (Å²) in [5.74, 6) is 0.286. The summed E-state index contributed by atoms with van der Waals surface area (Å²) in [6.45, 7) is 4.60. The Morgan fingerprint density at radius 2 is 1.96 bits per heavy atom. The van der Waals surface area contributed by atoms with E-state index in [1.54, 1.807) is 20.0 Å². The van der Waals surface area contributed by atoms with E-state index < -0.39 is 18.8 Å². The van der Waals surface area contributed by atoms with Gasteiger partial charge >= 0.3 is 13.3 Å². The number of hydrogen-bond acceptors (Lipinski definition) is 7. The van der Waals surface area contributed by atoms with E-state index in [-0.39, 0.29) is 12.0 Å². The van der Waals surface area contributed by atoms with E-state index in [9.17, 15) is 14.2 Å². The maximum atomic E-state index is 12.3. The molecule has 0 amide bonds. The van der Waals surface area contributed by atoms with E-state index in [4.69, 9.17) is 9.05 Å². The van der Waals surface area contributed by atoms with Crippen LogP contribution in [0.4, 0.5) is 0 Å². The average Bonchev–Trinajstić information content (AvgIpc) is 2.96. The highest BCUT2D eigenvalue weighted by Crippen LogP contribution is 2.48. The second-order valence-corrected chi connectivity index (χ2v) is 7.03. The lowest BCUT2D eigenvalue weighted by molar-refractivity contribution is 0.219. The van der Waals surface area contributed by atoms with Crippen molar-refractivity contribution in [1.29, 1.82) is 0 Å². The molecular formula is C13H20N5O5P. The van der Waals surface area contributed by atoms with Gasteiger partial charge in [0.05, 0.1) is 25.6 Å². The first-order chi connectivity index (χ1) is 11.5. The monoisotopic (exact) mass is 357 g/mol. The van der Waals surface area contributed by atoms with Crippen LogP contribution in [0, 0.1) is 0 Å². The van der Waals surface area contributed by atoms with Crippen LogP contribution in [0.2, 0.25) is 0 Å². The molecule has 0 unspecified atom stereocenters. The van der Waals surface area contributed by atoms with Gasteiger partial charge in [-0.25, -0.2) is 4.79 Å². The van der Waals surface area contributed by atoms with Crippen molar-refractivity contribution in [3.05, 3.63) is 39.3 Å². The third-order valence-electron chi connectivity index (χ3n) is 3.07. The van der Waals surface area contributed by atoms with E-state index in [0.29, 0.717) is 26.2 Å². The summed E-state index contributed by atoms with van der Waals surface area (Å²) in [6.07, 6.45) is 3.67. The smallest absolute Gasteiger partial charge is 0.309 e. The predicted molar refractivity (Wildman–Crippen MR) is 86.6 cm³/mol. The van der Waals surface area contributed by atoms with Gasteiger partial charge in [0.2, 0.25) is 0 Å². The Bertz CT molecular complexity index is 816. The summed E-state index contributed by atoms with van der Waals surface area (Å²) >= 11 is 0. The first-order valence-electron chi connectivity index (χ1n) is 7.58. The van der Waals surface area contributed by atoms with Crippen molar-refractivity contribution < 1.29 is 13.6 Å². The maximum absolute atomic E-state index is 12.3. The number of nitrogens with one attached hydrogen (secondary N) is 1. The molecule has 0 bridgehead atoms. The molecule has 2 rings (SSSR count). The minimum Gasteiger partial charge on any atom is -0.309 e. The second-order valence-electron chi connectivity index (χ2n) is 4.84. The lowest BCUT2D eigenvalue weighted by atomic mass is 10.5. The Morgan fingerprint density at radius 1 is 1.25 bits per heavy atom. The van der Waals surface area contributed by atoms with Crippen molar-refractivity contribution in [2.45, 2.75) is 26.8 Å². The van der Waals surface area contributed by atoms with Crippen LogP contribution in [0.3, 0.4) is 0 Å². The molecule has 0 aromatic carbocycles. The highest BCUT2D eigenvalue weighted by atomic mass is 31.2. The summed E-state index contributed by atoms with van der Waals surface area (Å²) in [6, 6.07) is 1.22. The van der Waals surface area contributed by atoms with Crippen LogP contribution in [-0.4, -0.2) is 43.9 Å². The Labute approximate surface area is 138 Å². The Balaban J connectivity index is 2.00. The zero-order chi connectivity index (χ0) is 17.6. The van der Waals surface area contributed by atoms with Crippen LogP contribution in [0.15, 0.2) is 28.0 Å². The summed E-state index contributed by atoms with van der Waals surface area (Å²) in [5.41, 5.74) is -1.07. The Morgan fingerprint density at radius 3 is 2.58 bits per heavy atom. The molecule has 0 saturated heterocycles. The van der Waals surface area contributed by atoms with Crippen molar-refractivity contribution in [1.82, 2.24) is 24.5 Å². The fourth-order valence-electron chi connectivity index (χ4n) is 2.09. The van der Waals surface area contributed by atoms with Gasteiger partial charge in [0.25, 0.3) is 5.56 Å². The van der Waals surface area contributed by atoms with Gasteiger partial charge in [-0.3, -0.25) is 23.6 Å². The molecule has 132 valence electrons. The highest BCUT2D eigenvalue weighted by Gasteiger charge is 2.22. The molecule has 0 aliphatic heterocycles. The van der Waals surface area contributed by atoms with Crippen molar-refractivity contribution in [3.63, 3.8) is 0 Å². The van der Waals surface area contributed by atoms with E-state index in [1.165, 1.54) is 21.5 Å². The minimum absolute atomic E-state index is 0.266. The molecule has 1 N–H and O–H groups in total. The fraction of sp³-hybridized carbons (Fsp3) is 0.538. The summed E-state index contributed by atoms with van der Waals surface area (Å²) in [4.78, 5) is 24.9. The first kappa shape index (κ1) is 18.3. The van der Waals surface area contributed by atoms with E-state index in [0.717, 1.165) is 0 Å². The van der Waals surface area contributed by atoms with Crippen molar-refractivity contribution in [2.75, 3.05) is 19.4 Å². The number of rotatable bonds is 9. The molecule has 0 fully saturated rings. The lowest BCUT2D eigenvalue weighted by Gasteiger charge is -2.16. The number of nitrogens with zero attached hydrogens (tertiary/aromatic N) is 4. The van der Waals surface area contributed by atoms with Gasteiger partial charge < -0.3 is 9.05 Å². The number of aromatic amines is 1. The van der Waals surface area contributed by atoms with E-state index in [2.05, 4.69) is 15.3 Å². The summed E-state index contributed by atoms with van der Waals surface area (Å²) in [7, 11) is -3.08. The van der Waals surface area contributed by atoms with Crippen LogP contribution >= 0.6 is 7.60 Å². The zero-order valence-electron chi connectivity index (χ0n) is 13.5. The summed E-state index contributed by atoms with van der Waals surface area (Å²) in [5, 5.41) is 7.80. The molecule has 0 aliphatic rings. The highest BCUT2D eigenvalue weighted by molar-refractivity contribution is 7.53. The quantitative estimate of drug-likeness (QED) is 0.658. The van der Waals surface area contributed by atoms with Crippen LogP contribution in [0.5, 0.6) is 0 Å². The van der Waals surface area contributed by atoms with Crippen LogP contribution in [0.1, 0.15) is 20.3 Å². The van der Waals surface area contributed by atoms with E-state index in [1.807, 2.05) is 0 Å². The molecule has 0 radical (unpaired) electrons. The largest absolute Gasteiger partial charge is 0.334 e. The fourth-order valence-corrected chi connectivity index (χ4v) is 3.74. The Hall–Kier alpha value is -2.03. The molecule has 0 atom stereocenters. The molecule has 24 heavy (non-hydrogen) atoms. The van der Waals surface area contributed by atoms with Crippen molar-refractivity contribution in [2.24, 2.45) is 0 Å². The normalized spacial score (nSPS) is 11.8. The van der Waals surface area contributed by atoms with E-state index >= 15 is 0 Å². The van der Waals surface area contributed by atoms with Gasteiger partial charge in [-0.05, 0) is 20.3 Å². The minimum atomic E-state index is -3.08. The molecule has 2 aromatic rings. The molecular weight excluding hydrogens is 337 g/mol. The standard InChI is InChI=1S/C13H20N5O5P/c1-3-22-24(21,23-4-2)9-5-7-17-10-11(15-16-17)18-8-6-12(19)14-13(18)20/h6,8,10H,3-5,7,9H2,1-2H3,(H,14,19,20). The molecule has 0 saturated carbocycles. The van der Waals surface area contributed by atoms with Crippen molar-refractivity contribution in [3.8, 4) is 5.82 Å². The third-order valence-corrected chi connectivity index (χ3v) is 5.24. The number of aromatic nitrogens is 5. The van der Waals surface area contributed by atoms with Gasteiger partial charge in [0, 0.05) is 18.8 Å². The maximum Gasteiger partial charge on any atom is 0.334 e.